The van der Waals surface area contributed by atoms with Crippen LogP contribution in [0.15, 0.2) is 0 Å². The standard InChI is InChI=1S/C6H13NO2/c1-7-5-9-6-2-3-8-4-6/h6-7H,2-5H2,1H3. The monoisotopic (exact) mass is 131 g/mol. The molecule has 3 nitrogen and oxygen atoms in total. The Labute approximate surface area is 55.3 Å². The summed E-state index contributed by atoms with van der Waals surface area (Å²) in [7, 11) is 1.87. The van der Waals surface area contributed by atoms with Crippen LogP contribution in [0.3, 0.4) is 0 Å². The normalized spacial score (nSPS) is 27.0. The van der Waals surface area contributed by atoms with E-state index in [0.29, 0.717) is 12.8 Å². The fourth-order valence-corrected chi connectivity index (χ4v) is 0.846. The summed E-state index contributed by atoms with van der Waals surface area (Å²) in [5.41, 5.74) is 0. The minimum absolute atomic E-state index is 0.331. The summed E-state index contributed by atoms with van der Waals surface area (Å²) in [5, 5.41) is 2.92. The van der Waals surface area contributed by atoms with Crippen molar-refractivity contribution in [1.29, 1.82) is 0 Å². The van der Waals surface area contributed by atoms with Gasteiger partial charge in [-0.1, -0.05) is 0 Å². The lowest BCUT2D eigenvalue weighted by Gasteiger charge is -2.07. The van der Waals surface area contributed by atoms with E-state index < -0.39 is 0 Å². The van der Waals surface area contributed by atoms with Crippen molar-refractivity contribution < 1.29 is 9.47 Å². The van der Waals surface area contributed by atoms with Crippen LogP contribution in [0.2, 0.25) is 0 Å². The lowest BCUT2D eigenvalue weighted by molar-refractivity contribution is 0.0350. The van der Waals surface area contributed by atoms with E-state index in [1.165, 1.54) is 0 Å². The molecule has 0 aromatic heterocycles. The number of nitrogens with one attached hydrogen (secondary N) is 1. The van der Waals surface area contributed by atoms with Crippen LogP contribution in [-0.4, -0.2) is 33.1 Å². The molecule has 0 aromatic carbocycles. The molecule has 1 rings (SSSR count). The molecule has 1 unspecified atom stereocenters. The van der Waals surface area contributed by atoms with Gasteiger partial charge in [-0.05, 0) is 13.5 Å². The second-order valence-corrected chi connectivity index (χ2v) is 2.15. The highest BCUT2D eigenvalue weighted by Crippen LogP contribution is 2.06. The topological polar surface area (TPSA) is 30.5 Å². The molecular weight excluding hydrogens is 118 g/mol. The number of ether oxygens (including phenoxy) is 2. The Hall–Kier alpha value is -0.120. The third-order valence-corrected chi connectivity index (χ3v) is 1.35. The maximum Gasteiger partial charge on any atom is 0.0967 e. The molecule has 0 radical (unpaired) electrons. The highest BCUT2D eigenvalue weighted by Gasteiger charge is 2.14. The van der Waals surface area contributed by atoms with Gasteiger partial charge in [0.25, 0.3) is 0 Å². The van der Waals surface area contributed by atoms with Crippen molar-refractivity contribution >= 4 is 0 Å². The molecule has 9 heavy (non-hydrogen) atoms. The summed E-state index contributed by atoms with van der Waals surface area (Å²) in [6.07, 6.45) is 1.37. The van der Waals surface area contributed by atoms with Crippen LogP contribution in [0.25, 0.3) is 0 Å². The first-order valence-corrected chi connectivity index (χ1v) is 3.27. The molecule has 0 amide bonds. The van der Waals surface area contributed by atoms with Crippen LogP contribution < -0.4 is 5.32 Å². The Morgan fingerprint density at radius 2 is 2.67 bits per heavy atom. The van der Waals surface area contributed by atoms with Crippen LogP contribution in [0.4, 0.5) is 0 Å². The van der Waals surface area contributed by atoms with Gasteiger partial charge in [0.05, 0.1) is 19.4 Å². The van der Waals surface area contributed by atoms with Crippen molar-refractivity contribution in [2.45, 2.75) is 12.5 Å². The quantitative estimate of drug-likeness (QED) is 0.545. The number of hydrogen-bond acceptors (Lipinski definition) is 3. The highest BCUT2D eigenvalue weighted by atomic mass is 16.5. The van der Waals surface area contributed by atoms with E-state index in [1.807, 2.05) is 7.05 Å². The molecule has 0 aliphatic carbocycles. The van der Waals surface area contributed by atoms with Gasteiger partial charge in [-0.3, -0.25) is 5.32 Å². The van der Waals surface area contributed by atoms with E-state index in [9.17, 15) is 0 Å². The zero-order valence-electron chi connectivity index (χ0n) is 5.72. The minimum atomic E-state index is 0.331. The summed E-state index contributed by atoms with van der Waals surface area (Å²) >= 11 is 0. The van der Waals surface area contributed by atoms with Crippen molar-refractivity contribution in [3.63, 3.8) is 0 Å². The molecule has 1 heterocycles. The SMILES string of the molecule is CNCOC1CCOC1. The van der Waals surface area contributed by atoms with Crippen molar-refractivity contribution in [2.75, 3.05) is 27.0 Å². The van der Waals surface area contributed by atoms with Gasteiger partial charge in [0, 0.05) is 6.61 Å². The molecule has 1 saturated heterocycles. The van der Waals surface area contributed by atoms with Crippen molar-refractivity contribution in [2.24, 2.45) is 0 Å². The van der Waals surface area contributed by atoms with E-state index >= 15 is 0 Å². The summed E-state index contributed by atoms with van der Waals surface area (Å²) in [6, 6.07) is 0. The predicted octanol–water partition coefficient (Wildman–Crippen LogP) is -0.0312. The molecule has 3 heteroatoms. The van der Waals surface area contributed by atoms with Gasteiger partial charge in [-0.15, -0.1) is 0 Å². The van der Waals surface area contributed by atoms with Gasteiger partial charge >= 0.3 is 0 Å². The average Bonchev–Trinajstić information content (AvgIpc) is 2.34. The third kappa shape index (κ3) is 2.30. The fourth-order valence-electron chi connectivity index (χ4n) is 0.846. The van der Waals surface area contributed by atoms with Crippen LogP contribution >= 0.6 is 0 Å². The number of rotatable bonds is 3. The van der Waals surface area contributed by atoms with Gasteiger partial charge < -0.3 is 9.47 Å². The molecule has 0 bridgehead atoms. The number of hydrogen-bond donors (Lipinski definition) is 1. The van der Waals surface area contributed by atoms with Crippen LogP contribution in [0.5, 0.6) is 0 Å². The zero-order valence-corrected chi connectivity index (χ0v) is 5.72. The van der Waals surface area contributed by atoms with E-state index in [0.717, 1.165) is 19.6 Å². The second-order valence-electron chi connectivity index (χ2n) is 2.15. The summed E-state index contributed by atoms with van der Waals surface area (Å²) < 4.78 is 10.4. The van der Waals surface area contributed by atoms with Crippen LogP contribution in [0, 0.1) is 0 Å². The molecule has 1 N–H and O–H groups in total. The summed E-state index contributed by atoms with van der Waals surface area (Å²) in [5.74, 6) is 0. The maximum atomic E-state index is 5.32. The lowest BCUT2D eigenvalue weighted by Crippen LogP contribution is -2.20. The van der Waals surface area contributed by atoms with Crippen LogP contribution in [-0.2, 0) is 9.47 Å². The molecule has 1 fully saturated rings. The molecule has 54 valence electrons. The van der Waals surface area contributed by atoms with Crippen molar-refractivity contribution in [3.05, 3.63) is 0 Å². The maximum absolute atomic E-state index is 5.32. The largest absolute Gasteiger partial charge is 0.379 e. The molecule has 1 aliphatic heterocycles. The molecule has 1 aliphatic rings. The minimum Gasteiger partial charge on any atom is -0.379 e. The third-order valence-electron chi connectivity index (χ3n) is 1.35. The van der Waals surface area contributed by atoms with Crippen molar-refractivity contribution in [1.82, 2.24) is 5.32 Å². The Bertz CT molecular complexity index is 71.5. The first-order valence-electron chi connectivity index (χ1n) is 3.27. The summed E-state index contributed by atoms with van der Waals surface area (Å²) in [6.45, 7) is 2.25. The molecule has 1 atom stereocenters. The zero-order chi connectivity index (χ0) is 6.53. The first kappa shape index (κ1) is 6.99. The van der Waals surface area contributed by atoms with E-state index in [2.05, 4.69) is 5.32 Å². The van der Waals surface area contributed by atoms with Crippen molar-refractivity contribution in [3.8, 4) is 0 Å². The Morgan fingerprint density at radius 3 is 3.22 bits per heavy atom. The average molecular weight is 131 g/mol. The predicted molar refractivity (Wildman–Crippen MR) is 34.2 cm³/mol. The van der Waals surface area contributed by atoms with Gasteiger partial charge in [-0.25, -0.2) is 0 Å². The molecular formula is C6H13NO2. The first-order chi connectivity index (χ1) is 4.43. The lowest BCUT2D eigenvalue weighted by atomic mass is 10.3. The van der Waals surface area contributed by atoms with Gasteiger partial charge in [-0.2, -0.15) is 0 Å². The molecule has 0 saturated carbocycles. The van der Waals surface area contributed by atoms with E-state index in [-0.39, 0.29) is 0 Å². The summed E-state index contributed by atoms with van der Waals surface area (Å²) in [4.78, 5) is 0. The fraction of sp³-hybridized carbons (Fsp3) is 1.00. The Balaban J connectivity index is 1.98. The smallest absolute Gasteiger partial charge is 0.0967 e. The Kier molecular flexibility index (Phi) is 2.97. The van der Waals surface area contributed by atoms with Gasteiger partial charge in [0.1, 0.15) is 0 Å². The second kappa shape index (κ2) is 3.82. The Morgan fingerprint density at radius 1 is 1.78 bits per heavy atom. The molecule has 0 spiro atoms. The van der Waals surface area contributed by atoms with Gasteiger partial charge in [0.2, 0.25) is 0 Å². The van der Waals surface area contributed by atoms with Gasteiger partial charge in [0.15, 0.2) is 0 Å². The van der Waals surface area contributed by atoms with E-state index in [1.54, 1.807) is 0 Å². The molecule has 0 aromatic rings. The van der Waals surface area contributed by atoms with Crippen LogP contribution in [0.1, 0.15) is 6.42 Å². The van der Waals surface area contributed by atoms with E-state index in [4.69, 9.17) is 9.47 Å². The highest BCUT2D eigenvalue weighted by molar-refractivity contribution is 4.61.